The minimum Gasteiger partial charge on any atom is -0.365 e. The zero-order valence-corrected chi connectivity index (χ0v) is 16.1. The molecule has 0 aliphatic heterocycles. The summed E-state index contributed by atoms with van der Waals surface area (Å²) in [6.07, 6.45) is 0.134. The molecule has 27 heavy (non-hydrogen) atoms. The van der Waals surface area contributed by atoms with Crippen LogP contribution in [0.1, 0.15) is 27.4 Å². The molecule has 1 aromatic carbocycles. The maximum Gasteiger partial charge on any atom is 0.270 e. The van der Waals surface area contributed by atoms with Gasteiger partial charge in [-0.05, 0) is 26.0 Å². The van der Waals surface area contributed by atoms with Crippen LogP contribution in [0.4, 0.5) is 10.1 Å². The van der Waals surface area contributed by atoms with Gasteiger partial charge in [-0.1, -0.05) is 29.5 Å². The first-order chi connectivity index (χ1) is 12.9. The van der Waals surface area contributed by atoms with E-state index in [1.165, 1.54) is 0 Å². The minimum absolute atomic E-state index is 0.0473. The Balaban J connectivity index is 1.82. The Kier molecular flexibility index (Phi) is 5.22. The molecule has 0 aliphatic carbocycles. The summed E-state index contributed by atoms with van der Waals surface area (Å²) in [6.45, 7) is 3.80. The first kappa shape index (κ1) is 18.6. The number of benzene rings is 1. The molecule has 2 aromatic heterocycles. The summed E-state index contributed by atoms with van der Waals surface area (Å²) in [4.78, 5) is 28.2. The highest BCUT2D eigenvalue weighted by Gasteiger charge is 2.20. The molecule has 8 nitrogen and oxygen atoms in total. The van der Waals surface area contributed by atoms with Crippen molar-refractivity contribution in [3.8, 4) is 5.69 Å². The number of carbonyl (C=O) groups excluding carboxylic acids is 2. The Labute approximate surface area is 160 Å². The van der Waals surface area contributed by atoms with Crippen molar-refractivity contribution in [1.82, 2.24) is 14.8 Å². The van der Waals surface area contributed by atoms with E-state index in [-0.39, 0.29) is 18.0 Å². The van der Waals surface area contributed by atoms with Crippen LogP contribution in [0.25, 0.3) is 5.69 Å². The Bertz CT molecular complexity index is 993. The third-order valence-electron chi connectivity index (χ3n) is 4.11. The summed E-state index contributed by atoms with van der Waals surface area (Å²) in [5.74, 6) is -0.949. The Morgan fingerprint density at radius 1 is 1.22 bits per heavy atom. The first-order valence-corrected chi connectivity index (χ1v) is 9.11. The fourth-order valence-corrected chi connectivity index (χ4v) is 3.60. The number of aryl methyl sites for hydroxylation is 1. The van der Waals surface area contributed by atoms with E-state index in [2.05, 4.69) is 20.7 Å². The quantitative estimate of drug-likeness (QED) is 0.603. The van der Waals surface area contributed by atoms with Crippen molar-refractivity contribution in [2.24, 2.45) is 5.73 Å². The lowest BCUT2D eigenvalue weighted by atomic mass is 10.1. The average Bonchev–Trinajstić information content (AvgIpc) is 3.18. The molecule has 0 unspecified atom stereocenters. The average molecular weight is 384 g/mol. The van der Waals surface area contributed by atoms with Crippen molar-refractivity contribution in [3.05, 3.63) is 53.0 Å². The number of thiazole rings is 1. The van der Waals surface area contributed by atoms with Crippen molar-refractivity contribution in [3.63, 3.8) is 0 Å². The van der Waals surface area contributed by atoms with Crippen molar-refractivity contribution in [2.45, 2.75) is 20.3 Å². The van der Waals surface area contributed by atoms with Gasteiger partial charge in [0.05, 0.1) is 17.8 Å². The number of primary amides is 1. The molecule has 0 atom stereocenters. The molecule has 140 valence electrons. The highest BCUT2D eigenvalue weighted by Crippen LogP contribution is 2.28. The topological polar surface area (TPSA) is 115 Å². The lowest BCUT2D eigenvalue weighted by Crippen LogP contribution is -2.19. The van der Waals surface area contributed by atoms with Gasteiger partial charge in [-0.15, -0.1) is 0 Å². The molecule has 3 aromatic rings. The second-order valence-electron chi connectivity index (χ2n) is 5.93. The maximum absolute atomic E-state index is 12.6. The standard InChI is InChI=1S/C18H20N6O2S/c1-10-13(11(2)24(23-10)12-7-5-4-6-8-12)9-14(25)21-17-15(16(19)26)22-18(20-3)27-17/h4-8H,9H2,1-3H3,(H2,19,26)(H,20,22)(H,21,25). The summed E-state index contributed by atoms with van der Waals surface area (Å²) in [7, 11) is 1.68. The SMILES string of the molecule is CNc1nc(C(N)=O)c(NC(=O)Cc2c(C)nn(-c3ccccc3)c2C)s1. The normalized spacial score (nSPS) is 10.6. The van der Waals surface area contributed by atoms with Gasteiger partial charge in [-0.3, -0.25) is 9.59 Å². The monoisotopic (exact) mass is 384 g/mol. The largest absolute Gasteiger partial charge is 0.365 e. The molecule has 2 amide bonds. The maximum atomic E-state index is 12.6. The lowest BCUT2D eigenvalue weighted by molar-refractivity contribution is -0.115. The van der Waals surface area contributed by atoms with Gasteiger partial charge >= 0.3 is 0 Å². The second kappa shape index (κ2) is 7.58. The van der Waals surface area contributed by atoms with Crippen LogP contribution >= 0.6 is 11.3 Å². The fourth-order valence-electron chi connectivity index (χ4n) is 2.76. The van der Waals surface area contributed by atoms with Crippen molar-refractivity contribution in [2.75, 3.05) is 17.7 Å². The van der Waals surface area contributed by atoms with E-state index >= 15 is 0 Å². The van der Waals surface area contributed by atoms with E-state index in [0.717, 1.165) is 34.0 Å². The Hall–Kier alpha value is -3.20. The highest BCUT2D eigenvalue weighted by molar-refractivity contribution is 7.20. The highest BCUT2D eigenvalue weighted by atomic mass is 32.1. The molecular weight excluding hydrogens is 364 g/mol. The number of nitrogens with two attached hydrogens (primary N) is 1. The number of anilines is 2. The Morgan fingerprint density at radius 2 is 1.93 bits per heavy atom. The van der Waals surface area contributed by atoms with Crippen LogP contribution in [-0.4, -0.2) is 33.6 Å². The summed E-state index contributed by atoms with van der Waals surface area (Å²) in [5.41, 5.74) is 8.83. The van der Waals surface area contributed by atoms with Crippen LogP contribution in [0.15, 0.2) is 30.3 Å². The van der Waals surface area contributed by atoms with Crippen LogP contribution in [0, 0.1) is 13.8 Å². The minimum atomic E-state index is -0.688. The zero-order chi connectivity index (χ0) is 19.6. The molecule has 4 N–H and O–H groups in total. The predicted octanol–water partition coefficient (Wildman–Crippen LogP) is 2.27. The number of amides is 2. The second-order valence-corrected chi connectivity index (χ2v) is 6.93. The van der Waals surface area contributed by atoms with Crippen molar-refractivity contribution in [1.29, 1.82) is 0 Å². The van der Waals surface area contributed by atoms with Crippen LogP contribution < -0.4 is 16.4 Å². The van der Waals surface area contributed by atoms with E-state index in [0.29, 0.717) is 10.1 Å². The fraction of sp³-hybridized carbons (Fsp3) is 0.222. The van der Waals surface area contributed by atoms with Gasteiger partial charge in [0, 0.05) is 18.3 Å². The van der Waals surface area contributed by atoms with Gasteiger partial charge in [-0.25, -0.2) is 9.67 Å². The number of hydrogen-bond acceptors (Lipinski definition) is 6. The molecule has 0 spiro atoms. The Morgan fingerprint density at radius 3 is 2.56 bits per heavy atom. The molecule has 0 radical (unpaired) electrons. The molecule has 3 rings (SSSR count). The third kappa shape index (κ3) is 3.82. The number of aromatic nitrogens is 3. The molecule has 9 heteroatoms. The van der Waals surface area contributed by atoms with E-state index < -0.39 is 5.91 Å². The van der Waals surface area contributed by atoms with E-state index in [1.54, 1.807) is 7.05 Å². The summed E-state index contributed by atoms with van der Waals surface area (Å²) >= 11 is 1.16. The van der Waals surface area contributed by atoms with Gasteiger partial charge in [0.25, 0.3) is 5.91 Å². The number of hydrogen-bond donors (Lipinski definition) is 3. The molecular formula is C18H20N6O2S. The van der Waals surface area contributed by atoms with Crippen LogP contribution in [0.5, 0.6) is 0 Å². The molecule has 0 saturated carbocycles. The smallest absolute Gasteiger partial charge is 0.270 e. The van der Waals surface area contributed by atoms with Crippen molar-refractivity contribution < 1.29 is 9.59 Å². The van der Waals surface area contributed by atoms with E-state index in [1.807, 2.05) is 48.9 Å². The number of rotatable bonds is 6. The lowest BCUT2D eigenvalue weighted by Gasteiger charge is -2.06. The molecule has 0 aliphatic rings. The molecule has 0 bridgehead atoms. The summed E-state index contributed by atoms with van der Waals surface area (Å²) < 4.78 is 1.82. The van der Waals surface area contributed by atoms with Crippen LogP contribution in [0.3, 0.4) is 0 Å². The molecule has 0 saturated heterocycles. The van der Waals surface area contributed by atoms with E-state index in [4.69, 9.17) is 5.73 Å². The zero-order valence-electron chi connectivity index (χ0n) is 15.2. The van der Waals surface area contributed by atoms with Gasteiger partial charge < -0.3 is 16.4 Å². The number of nitrogens with zero attached hydrogens (tertiary/aromatic N) is 3. The van der Waals surface area contributed by atoms with Gasteiger partial charge in [0.1, 0.15) is 5.00 Å². The number of para-hydroxylation sites is 1. The van der Waals surface area contributed by atoms with Crippen LogP contribution in [-0.2, 0) is 11.2 Å². The van der Waals surface area contributed by atoms with Gasteiger partial charge in [-0.2, -0.15) is 5.10 Å². The van der Waals surface area contributed by atoms with Crippen LogP contribution in [0.2, 0.25) is 0 Å². The molecule has 0 fully saturated rings. The molecule has 2 heterocycles. The number of nitrogens with one attached hydrogen (secondary N) is 2. The van der Waals surface area contributed by atoms with Gasteiger partial charge in [0.2, 0.25) is 5.91 Å². The first-order valence-electron chi connectivity index (χ1n) is 8.29. The van der Waals surface area contributed by atoms with Gasteiger partial charge in [0.15, 0.2) is 10.8 Å². The summed E-state index contributed by atoms with van der Waals surface area (Å²) in [6, 6.07) is 9.73. The van der Waals surface area contributed by atoms with Crippen molar-refractivity contribution >= 4 is 33.3 Å². The summed E-state index contributed by atoms with van der Waals surface area (Å²) in [5, 5.41) is 11.0. The van der Waals surface area contributed by atoms with E-state index in [9.17, 15) is 9.59 Å². The predicted molar refractivity (Wildman–Crippen MR) is 106 cm³/mol. The number of carbonyl (C=O) groups is 2. The third-order valence-corrected chi connectivity index (χ3v) is 5.09.